The molecule has 2 atom stereocenters. The number of benzene rings is 1. The quantitative estimate of drug-likeness (QED) is 0.838. The van der Waals surface area contributed by atoms with E-state index in [1.807, 2.05) is 0 Å². The zero-order valence-electron chi connectivity index (χ0n) is 16.2. The Kier molecular flexibility index (Phi) is 4.59. The summed E-state index contributed by atoms with van der Waals surface area (Å²) in [5, 5.41) is 2.92. The second-order valence-corrected chi connectivity index (χ2v) is 8.57. The van der Waals surface area contributed by atoms with Crippen LogP contribution in [0, 0.1) is 17.3 Å². The van der Waals surface area contributed by atoms with Crippen LogP contribution in [-0.2, 0) is 4.79 Å². The Morgan fingerprint density at radius 3 is 2.68 bits per heavy atom. The molecule has 28 heavy (non-hydrogen) atoms. The van der Waals surface area contributed by atoms with Gasteiger partial charge in [0.15, 0.2) is 0 Å². The molecular formula is C21H26F2N2O3. The molecule has 1 aromatic rings. The van der Waals surface area contributed by atoms with Crippen LogP contribution in [0.2, 0.25) is 0 Å². The first-order chi connectivity index (χ1) is 13.3. The highest BCUT2D eigenvalue weighted by Gasteiger charge is 2.76. The number of amides is 2. The fourth-order valence-electron chi connectivity index (χ4n) is 4.77. The average Bonchev–Trinajstić information content (AvgIpc) is 3.05. The van der Waals surface area contributed by atoms with E-state index in [1.165, 1.54) is 0 Å². The predicted molar refractivity (Wildman–Crippen MR) is 99.3 cm³/mol. The van der Waals surface area contributed by atoms with Gasteiger partial charge < -0.3 is 15.0 Å². The SMILES string of the molecule is COc1cccc(C(=O)NCC2C(C)CCN2C(=O)C2CC3(C2)CC3(F)F)c1. The molecular weight excluding hydrogens is 366 g/mol. The maximum Gasteiger partial charge on any atom is 0.254 e. The molecule has 2 amide bonds. The fourth-order valence-corrected chi connectivity index (χ4v) is 4.77. The molecule has 1 aromatic carbocycles. The third-order valence-corrected chi connectivity index (χ3v) is 6.80. The zero-order chi connectivity index (χ0) is 20.1. The number of hydrogen-bond donors (Lipinski definition) is 1. The summed E-state index contributed by atoms with van der Waals surface area (Å²) in [7, 11) is 1.54. The maximum atomic E-state index is 13.4. The Morgan fingerprint density at radius 1 is 1.32 bits per heavy atom. The molecule has 152 valence electrons. The number of rotatable bonds is 5. The first kappa shape index (κ1) is 19.2. The second-order valence-electron chi connectivity index (χ2n) is 8.57. The Balaban J connectivity index is 1.35. The molecule has 1 heterocycles. The number of alkyl halides is 2. The van der Waals surface area contributed by atoms with E-state index in [0.717, 1.165) is 6.42 Å². The summed E-state index contributed by atoms with van der Waals surface area (Å²) in [6.07, 6.45) is 1.39. The Hall–Kier alpha value is -2.18. The van der Waals surface area contributed by atoms with Crippen LogP contribution in [0.4, 0.5) is 8.78 Å². The summed E-state index contributed by atoms with van der Waals surface area (Å²) in [6, 6.07) is 6.80. The predicted octanol–water partition coefficient (Wildman–Crippen LogP) is 3.10. The van der Waals surface area contributed by atoms with Crippen LogP contribution in [-0.4, -0.2) is 48.9 Å². The van der Waals surface area contributed by atoms with Crippen LogP contribution in [0.1, 0.15) is 43.0 Å². The van der Waals surface area contributed by atoms with Crippen molar-refractivity contribution in [3.8, 4) is 5.75 Å². The first-order valence-electron chi connectivity index (χ1n) is 9.87. The van der Waals surface area contributed by atoms with Gasteiger partial charge in [0, 0.05) is 36.4 Å². The summed E-state index contributed by atoms with van der Waals surface area (Å²) in [5.41, 5.74) is -0.394. The zero-order valence-corrected chi connectivity index (χ0v) is 16.2. The van der Waals surface area contributed by atoms with Crippen LogP contribution in [0.25, 0.3) is 0 Å². The van der Waals surface area contributed by atoms with E-state index in [4.69, 9.17) is 4.74 Å². The maximum absolute atomic E-state index is 13.4. The second kappa shape index (κ2) is 6.71. The number of nitrogens with one attached hydrogen (secondary N) is 1. The number of ether oxygens (including phenoxy) is 1. The molecule has 5 nitrogen and oxygen atoms in total. The van der Waals surface area contributed by atoms with Gasteiger partial charge in [-0.1, -0.05) is 13.0 Å². The standard InChI is InChI=1S/C21H26F2N2O3/c1-13-6-7-25(19(27)15-9-20(10-15)12-21(20,22)23)17(13)11-24-18(26)14-4-3-5-16(8-14)28-2/h3-5,8,13,15,17H,6-7,9-12H2,1-2H3,(H,24,26). The van der Waals surface area contributed by atoms with Gasteiger partial charge in [0.1, 0.15) is 5.75 Å². The van der Waals surface area contributed by atoms with Crippen molar-refractivity contribution in [2.45, 2.75) is 44.6 Å². The number of likely N-dealkylation sites (tertiary alicyclic amines) is 1. The number of carbonyl (C=O) groups is 2. The Labute approximate surface area is 163 Å². The lowest BCUT2D eigenvalue weighted by atomic mass is 9.70. The van der Waals surface area contributed by atoms with Gasteiger partial charge in [-0.05, 0) is 43.4 Å². The van der Waals surface area contributed by atoms with Crippen LogP contribution in [0.15, 0.2) is 24.3 Å². The molecule has 1 N–H and O–H groups in total. The first-order valence-corrected chi connectivity index (χ1v) is 9.87. The molecule has 1 aliphatic heterocycles. The van der Waals surface area contributed by atoms with Gasteiger partial charge in [0.2, 0.25) is 5.91 Å². The summed E-state index contributed by atoms with van der Waals surface area (Å²) < 4.78 is 32.0. The third kappa shape index (κ3) is 3.14. The highest BCUT2D eigenvalue weighted by atomic mass is 19.3. The highest BCUT2D eigenvalue weighted by Crippen LogP contribution is 2.72. The van der Waals surface area contributed by atoms with Crippen LogP contribution in [0.3, 0.4) is 0 Å². The molecule has 4 rings (SSSR count). The van der Waals surface area contributed by atoms with Crippen LogP contribution in [0.5, 0.6) is 5.75 Å². The van der Waals surface area contributed by atoms with Crippen molar-refractivity contribution in [3.05, 3.63) is 29.8 Å². The molecule has 3 aliphatic rings. The lowest BCUT2D eigenvalue weighted by Gasteiger charge is -2.39. The van der Waals surface area contributed by atoms with Gasteiger partial charge in [0.25, 0.3) is 11.8 Å². The number of nitrogens with zero attached hydrogens (tertiary/aromatic N) is 1. The number of halogens is 2. The average molecular weight is 392 g/mol. The number of carbonyl (C=O) groups excluding carboxylic acids is 2. The highest BCUT2D eigenvalue weighted by molar-refractivity contribution is 5.94. The van der Waals surface area contributed by atoms with Gasteiger partial charge >= 0.3 is 0 Å². The van der Waals surface area contributed by atoms with Gasteiger partial charge in [-0.3, -0.25) is 9.59 Å². The molecule has 1 spiro atoms. The summed E-state index contributed by atoms with van der Waals surface area (Å²) in [4.78, 5) is 27.1. The van der Waals surface area contributed by atoms with E-state index < -0.39 is 11.3 Å². The normalized spacial score (nSPS) is 32.7. The molecule has 0 aromatic heterocycles. The van der Waals surface area contributed by atoms with Gasteiger partial charge in [-0.2, -0.15) is 0 Å². The van der Waals surface area contributed by atoms with Crippen LogP contribution < -0.4 is 10.1 Å². The van der Waals surface area contributed by atoms with Crippen molar-refractivity contribution in [2.75, 3.05) is 20.2 Å². The number of hydrogen-bond acceptors (Lipinski definition) is 3. The van der Waals surface area contributed by atoms with E-state index in [1.54, 1.807) is 36.3 Å². The molecule has 2 aliphatic carbocycles. The smallest absolute Gasteiger partial charge is 0.254 e. The lowest BCUT2D eigenvalue weighted by Crippen LogP contribution is -2.50. The van der Waals surface area contributed by atoms with Crippen molar-refractivity contribution >= 4 is 11.8 Å². The van der Waals surface area contributed by atoms with Crippen molar-refractivity contribution in [3.63, 3.8) is 0 Å². The molecule has 2 saturated carbocycles. The van der Waals surface area contributed by atoms with E-state index in [0.29, 0.717) is 37.2 Å². The number of methoxy groups -OCH3 is 1. The summed E-state index contributed by atoms with van der Waals surface area (Å²) in [6.45, 7) is 3.05. The van der Waals surface area contributed by atoms with E-state index in [2.05, 4.69) is 12.2 Å². The third-order valence-electron chi connectivity index (χ3n) is 6.80. The lowest BCUT2D eigenvalue weighted by molar-refractivity contribution is -0.144. The molecule has 0 radical (unpaired) electrons. The van der Waals surface area contributed by atoms with Gasteiger partial charge in [-0.15, -0.1) is 0 Å². The fraction of sp³-hybridized carbons (Fsp3) is 0.619. The topological polar surface area (TPSA) is 58.6 Å². The summed E-state index contributed by atoms with van der Waals surface area (Å²) >= 11 is 0. The van der Waals surface area contributed by atoms with Gasteiger partial charge in [0.05, 0.1) is 13.2 Å². The molecule has 2 unspecified atom stereocenters. The van der Waals surface area contributed by atoms with Crippen molar-refractivity contribution < 1.29 is 23.1 Å². The van der Waals surface area contributed by atoms with Gasteiger partial charge in [-0.25, -0.2) is 8.78 Å². The molecule has 0 bridgehead atoms. The molecule has 7 heteroatoms. The minimum atomic E-state index is -2.58. The largest absolute Gasteiger partial charge is 0.497 e. The Morgan fingerprint density at radius 2 is 2.04 bits per heavy atom. The minimum Gasteiger partial charge on any atom is -0.497 e. The van der Waals surface area contributed by atoms with E-state index in [-0.39, 0.29) is 36.1 Å². The van der Waals surface area contributed by atoms with Crippen LogP contribution >= 0.6 is 0 Å². The monoisotopic (exact) mass is 392 g/mol. The minimum absolute atomic E-state index is 0.0293. The molecule has 3 fully saturated rings. The Bertz CT molecular complexity index is 792. The van der Waals surface area contributed by atoms with Crippen molar-refractivity contribution in [2.24, 2.45) is 17.3 Å². The summed E-state index contributed by atoms with van der Waals surface area (Å²) in [5.74, 6) is -2.26. The van der Waals surface area contributed by atoms with Crippen molar-refractivity contribution in [1.82, 2.24) is 10.2 Å². The van der Waals surface area contributed by atoms with E-state index in [9.17, 15) is 18.4 Å². The van der Waals surface area contributed by atoms with E-state index >= 15 is 0 Å². The van der Waals surface area contributed by atoms with Crippen molar-refractivity contribution in [1.29, 1.82) is 0 Å². The molecule has 1 saturated heterocycles.